The van der Waals surface area contributed by atoms with Crippen LogP contribution in [0.15, 0.2) is 30.5 Å². The standard InChI is InChI=1S/C14H15NOS/c1-10-5-6-13-12(9-15-14(13)8-10)4-3-7-17-11(2)16/h3-6,8-9,15H,7H2,1-2H3. The average molecular weight is 245 g/mol. The molecule has 88 valence electrons. The topological polar surface area (TPSA) is 32.9 Å². The smallest absolute Gasteiger partial charge is 0.186 e. The highest BCUT2D eigenvalue weighted by atomic mass is 32.2. The Morgan fingerprint density at radius 1 is 1.47 bits per heavy atom. The van der Waals surface area contributed by atoms with E-state index in [0.717, 1.165) is 11.3 Å². The van der Waals surface area contributed by atoms with Crippen LogP contribution in [0.1, 0.15) is 18.1 Å². The summed E-state index contributed by atoms with van der Waals surface area (Å²) in [5.74, 6) is 0.730. The van der Waals surface area contributed by atoms with Crippen LogP contribution in [-0.2, 0) is 4.79 Å². The van der Waals surface area contributed by atoms with Gasteiger partial charge in [-0.15, -0.1) is 0 Å². The van der Waals surface area contributed by atoms with Crippen LogP contribution in [-0.4, -0.2) is 15.9 Å². The second-order valence-corrected chi connectivity index (χ2v) is 5.19. The summed E-state index contributed by atoms with van der Waals surface area (Å²) in [4.78, 5) is 14.0. The number of hydrogen-bond acceptors (Lipinski definition) is 2. The van der Waals surface area contributed by atoms with E-state index in [0.29, 0.717) is 0 Å². The second-order valence-electron chi connectivity index (χ2n) is 4.00. The molecule has 2 aromatic rings. The van der Waals surface area contributed by atoms with Crippen LogP contribution >= 0.6 is 11.8 Å². The molecule has 0 aliphatic carbocycles. The van der Waals surface area contributed by atoms with Gasteiger partial charge in [0.2, 0.25) is 0 Å². The summed E-state index contributed by atoms with van der Waals surface area (Å²) >= 11 is 1.33. The maximum absolute atomic E-state index is 10.8. The average Bonchev–Trinajstić information content (AvgIpc) is 2.66. The molecule has 0 saturated carbocycles. The van der Waals surface area contributed by atoms with Crippen molar-refractivity contribution in [1.82, 2.24) is 4.98 Å². The molecule has 0 aliphatic heterocycles. The van der Waals surface area contributed by atoms with Crippen molar-refractivity contribution in [3.05, 3.63) is 41.6 Å². The number of aromatic nitrogens is 1. The van der Waals surface area contributed by atoms with Gasteiger partial charge in [0.1, 0.15) is 0 Å². The van der Waals surface area contributed by atoms with Gasteiger partial charge in [-0.05, 0) is 24.1 Å². The van der Waals surface area contributed by atoms with Crippen LogP contribution in [0.4, 0.5) is 0 Å². The monoisotopic (exact) mass is 245 g/mol. The second kappa shape index (κ2) is 5.23. The fourth-order valence-corrected chi connectivity index (χ4v) is 2.17. The van der Waals surface area contributed by atoms with E-state index in [1.54, 1.807) is 6.92 Å². The Morgan fingerprint density at radius 3 is 3.06 bits per heavy atom. The summed E-state index contributed by atoms with van der Waals surface area (Å²) in [5, 5.41) is 1.38. The Balaban J connectivity index is 2.16. The lowest BCUT2D eigenvalue weighted by atomic mass is 10.1. The molecule has 0 amide bonds. The van der Waals surface area contributed by atoms with E-state index in [1.807, 2.05) is 12.3 Å². The normalized spacial score (nSPS) is 11.4. The predicted octanol–water partition coefficient (Wildman–Crippen LogP) is 3.77. The van der Waals surface area contributed by atoms with Crippen LogP contribution in [0.2, 0.25) is 0 Å². The quantitative estimate of drug-likeness (QED) is 0.892. The minimum atomic E-state index is 0.157. The molecule has 0 fully saturated rings. The number of aryl methyl sites for hydroxylation is 1. The first-order valence-electron chi connectivity index (χ1n) is 5.54. The Kier molecular flexibility index (Phi) is 3.69. The summed E-state index contributed by atoms with van der Waals surface area (Å²) in [7, 11) is 0. The third-order valence-corrected chi connectivity index (χ3v) is 3.32. The summed E-state index contributed by atoms with van der Waals surface area (Å²) in [6.07, 6.45) is 6.08. The SMILES string of the molecule is CC(=O)SCC=Cc1c[nH]c2cc(C)ccc12. The van der Waals surface area contributed by atoms with Crippen LogP contribution in [0, 0.1) is 6.92 Å². The van der Waals surface area contributed by atoms with E-state index in [-0.39, 0.29) is 5.12 Å². The first-order valence-corrected chi connectivity index (χ1v) is 6.53. The zero-order valence-electron chi connectivity index (χ0n) is 9.99. The van der Waals surface area contributed by atoms with Gasteiger partial charge in [-0.2, -0.15) is 0 Å². The number of carbonyl (C=O) groups excluding carboxylic acids is 1. The highest BCUT2D eigenvalue weighted by molar-refractivity contribution is 8.13. The Hall–Kier alpha value is -1.48. The van der Waals surface area contributed by atoms with Gasteiger partial charge >= 0.3 is 0 Å². The molecule has 3 heteroatoms. The van der Waals surface area contributed by atoms with E-state index in [9.17, 15) is 4.79 Å². The molecule has 0 aliphatic rings. The first kappa shape index (κ1) is 12.0. The lowest BCUT2D eigenvalue weighted by molar-refractivity contribution is -0.109. The Labute approximate surface area is 105 Å². The maximum Gasteiger partial charge on any atom is 0.186 e. The molecule has 1 N–H and O–H groups in total. The maximum atomic E-state index is 10.8. The van der Waals surface area contributed by atoms with Gasteiger partial charge in [0, 0.05) is 29.8 Å². The molecule has 17 heavy (non-hydrogen) atoms. The number of nitrogens with one attached hydrogen (secondary N) is 1. The summed E-state index contributed by atoms with van der Waals surface area (Å²) in [5.41, 5.74) is 3.58. The van der Waals surface area contributed by atoms with Crippen molar-refractivity contribution >= 4 is 33.9 Å². The van der Waals surface area contributed by atoms with Gasteiger partial charge in [0.05, 0.1) is 0 Å². The molecule has 0 atom stereocenters. The number of fused-ring (bicyclic) bond motifs is 1. The molecule has 1 aromatic carbocycles. The molecule has 1 aromatic heterocycles. The van der Waals surface area contributed by atoms with E-state index in [4.69, 9.17) is 0 Å². The molecule has 1 heterocycles. The summed E-state index contributed by atoms with van der Waals surface area (Å²) in [6, 6.07) is 6.37. The molecular formula is C14H15NOS. The van der Waals surface area contributed by atoms with Gasteiger partial charge in [-0.3, -0.25) is 4.79 Å². The Morgan fingerprint density at radius 2 is 2.29 bits per heavy atom. The van der Waals surface area contributed by atoms with Crippen LogP contribution in [0.5, 0.6) is 0 Å². The molecule has 2 nitrogen and oxygen atoms in total. The molecule has 0 spiro atoms. The van der Waals surface area contributed by atoms with E-state index in [1.165, 1.54) is 28.3 Å². The van der Waals surface area contributed by atoms with Gasteiger partial charge in [0.25, 0.3) is 0 Å². The van der Waals surface area contributed by atoms with Crippen molar-refractivity contribution < 1.29 is 4.79 Å². The zero-order valence-corrected chi connectivity index (χ0v) is 10.8. The van der Waals surface area contributed by atoms with Crippen molar-refractivity contribution in [3.8, 4) is 0 Å². The van der Waals surface area contributed by atoms with Gasteiger partial charge in [-0.1, -0.05) is 36.0 Å². The zero-order chi connectivity index (χ0) is 12.3. The lowest BCUT2D eigenvalue weighted by Crippen LogP contribution is -1.81. The minimum absolute atomic E-state index is 0.157. The number of thioether (sulfide) groups is 1. The van der Waals surface area contributed by atoms with Crippen LogP contribution in [0.3, 0.4) is 0 Å². The highest BCUT2D eigenvalue weighted by Crippen LogP contribution is 2.20. The van der Waals surface area contributed by atoms with Gasteiger partial charge < -0.3 is 4.98 Å². The largest absolute Gasteiger partial charge is 0.361 e. The van der Waals surface area contributed by atoms with Crippen molar-refractivity contribution in [2.75, 3.05) is 5.75 Å². The lowest BCUT2D eigenvalue weighted by Gasteiger charge is -1.94. The van der Waals surface area contributed by atoms with Gasteiger partial charge in [-0.25, -0.2) is 0 Å². The van der Waals surface area contributed by atoms with Crippen LogP contribution < -0.4 is 0 Å². The van der Waals surface area contributed by atoms with E-state index >= 15 is 0 Å². The number of rotatable bonds is 3. The molecule has 0 radical (unpaired) electrons. The minimum Gasteiger partial charge on any atom is -0.361 e. The van der Waals surface area contributed by atoms with E-state index < -0.39 is 0 Å². The van der Waals surface area contributed by atoms with Crippen molar-refractivity contribution in [1.29, 1.82) is 0 Å². The van der Waals surface area contributed by atoms with Crippen molar-refractivity contribution in [2.24, 2.45) is 0 Å². The van der Waals surface area contributed by atoms with Crippen LogP contribution in [0.25, 0.3) is 17.0 Å². The predicted molar refractivity (Wildman–Crippen MR) is 75.2 cm³/mol. The third-order valence-electron chi connectivity index (χ3n) is 2.55. The molecule has 0 bridgehead atoms. The van der Waals surface area contributed by atoms with Gasteiger partial charge in [0.15, 0.2) is 5.12 Å². The number of H-pyrrole nitrogens is 1. The number of benzene rings is 1. The highest BCUT2D eigenvalue weighted by Gasteiger charge is 2.00. The molecular weight excluding hydrogens is 230 g/mol. The Bertz CT molecular complexity index is 569. The fraction of sp³-hybridized carbons (Fsp3) is 0.214. The molecule has 0 saturated heterocycles. The number of carbonyl (C=O) groups is 1. The summed E-state index contributed by atoms with van der Waals surface area (Å²) < 4.78 is 0. The third kappa shape index (κ3) is 3.01. The first-order chi connectivity index (χ1) is 8.16. The van der Waals surface area contributed by atoms with Crippen molar-refractivity contribution in [3.63, 3.8) is 0 Å². The van der Waals surface area contributed by atoms with Crippen molar-refractivity contribution in [2.45, 2.75) is 13.8 Å². The van der Waals surface area contributed by atoms with E-state index in [2.05, 4.69) is 36.2 Å². The molecule has 0 unspecified atom stereocenters. The fourth-order valence-electron chi connectivity index (χ4n) is 1.74. The number of aromatic amines is 1. The summed E-state index contributed by atoms with van der Waals surface area (Å²) in [6.45, 7) is 3.67. The number of hydrogen-bond donors (Lipinski definition) is 1. The molecule has 2 rings (SSSR count).